The molecule has 2 rings (SSSR count). The number of para-hydroxylation sites is 1. The number of aromatic nitrogens is 3. The summed E-state index contributed by atoms with van der Waals surface area (Å²) in [7, 11) is -3.31. The molecule has 2 aromatic rings. The number of rotatable bonds is 7. The molecule has 1 unspecified atom stereocenters. The number of aldehydes is 1. The maximum Gasteiger partial charge on any atom is 0.355 e. The van der Waals surface area contributed by atoms with E-state index < -0.39 is 50.6 Å². The van der Waals surface area contributed by atoms with Gasteiger partial charge in [0.05, 0.1) is 12.8 Å². The lowest BCUT2D eigenvalue weighted by atomic mass is 10.1. The van der Waals surface area contributed by atoms with Gasteiger partial charge in [-0.25, -0.2) is 17.8 Å². The quantitative estimate of drug-likeness (QED) is 0.673. The van der Waals surface area contributed by atoms with Crippen molar-refractivity contribution in [2.24, 2.45) is 0 Å². The molecule has 0 bridgehead atoms. The highest BCUT2D eigenvalue weighted by atomic mass is 32.2. The maximum absolute atomic E-state index is 14.3. The fourth-order valence-electron chi connectivity index (χ4n) is 2.13. The van der Waals surface area contributed by atoms with Gasteiger partial charge in [-0.3, -0.25) is 9.10 Å². The number of sulfonamides is 1. The molecule has 0 radical (unpaired) electrons. The fraction of sp³-hybridized carbons (Fsp3) is 0.286. The number of halogens is 3. The van der Waals surface area contributed by atoms with Crippen molar-refractivity contribution >= 4 is 22.0 Å². The van der Waals surface area contributed by atoms with Crippen LogP contribution in [-0.4, -0.2) is 54.7 Å². The van der Waals surface area contributed by atoms with Crippen molar-refractivity contribution in [3.63, 3.8) is 0 Å². The molecule has 0 aliphatic rings. The van der Waals surface area contributed by atoms with Crippen molar-refractivity contribution in [1.82, 2.24) is 15.0 Å². The highest BCUT2D eigenvalue weighted by Crippen LogP contribution is 2.34. The Bertz CT molecular complexity index is 958. The molecule has 146 valence electrons. The smallest absolute Gasteiger partial charge is 0.355 e. The van der Waals surface area contributed by atoms with Gasteiger partial charge in [-0.1, -0.05) is 12.1 Å². The first kappa shape index (κ1) is 20.5. The molecule has 0 aliphatic heterocycles. The zero-order chi connectivity index (χ0) is 20.4. The van der Waals surface area contributed by atoms with Crippen LogP contribution in [0, 0.1) is 5.82 Å². The number of carbonyl (C=O) groups excluding carboxylic acids is 1. The van der Waals surface area contributed by atoms with Gasteiger partial charge in [0.25, 0.3) is 10.0 Å². The molecule has 1 atom stereocenters. The summed E-state index contributed by atoms with van der Waals surface area (Å²) in [5, 5.41) is 10.5. The SMILES string of the molecule is COc1nc(C=O)nc(C(O)c2cccc(F)c2N(C)S(=O)(=O)C(F)F)n1. The summed E-state index contributed by atoms with van der Waals surface area (Å²) in [5.41, 5.74) is -1.25. The predicted octanol–water partition coefficient (Wildman–Crippen LogP) is 0.902. The van der Waals surface area contributed by atoms with E-state index in [1.165, 1.54) is 7.11 Å². The number of carbonyl (C=O) groups is 1. The molecule has 0 fully saturated rings. The molecule has 1 N–H and O–H groups in total. The monoisotopic (exact) mass is 406 g/mol. The first-order valence-corrected chi connectivity index (χ1v) is 8.61. The lowest BCUT2D eigenvalue weighted by Crippen LogP contribution is -2.33. The molecule has 0 saturated heterocycles. The lowest BCUT2D eigenvalue weighted by Gasteiger charge is -2.24. The van der Waals surface area contributed by atoms with Gasteiger partial charge in [0.2, 0.25) is 0 Å². The minimum absolute atomic E-state index is 0.0185. The van der Waals surface area contributed by atoms with Gasteiger partial charge in [0.1, 0.15) is 11.9 Å². The molecule has 1 aromatic heterocycles. The van der Waals surface area contributed by atoms with E-state index in [0.29, 0.717) is 7.05 Å². The van der Waals surface area contributed by atoms with Gasteiger partial charge in [-0.15, -0.1) is 0 Å². The number of ether oxygens (including phenoxy) is 1. The van der Waals surface area contributed by atoms with Gasteiger partial charge >= 0.3 is 11.8 Å². The number of anilines is 1. The van der Waals surface area contributed by atoms with Crippen molar-refractivity contribution in [2.75, 3.05) is 18.5 Å². The molecule has 9 nitrogen and oxygen atoms in total. The van der Waals surface area contributed by atoms with Gasteiger partial charge in [-0.05, 0) is 6.07 Å². The highest BCUT2D eigenvalue weighted by molar-refractivity contribution is 7.93. The molecule has 0 aliphatic carbocycles. The summed E-state index contributed by atoms with van der Waals surface area (Å²) in [6, 6.07) is 2.71. The number of nitrogens with zero attached hydrogens (tertiary/aromatic N) is 4. The number of benzene rings is 1. The van der Waals surface area contributed by atoms with E-state index in [4.69, 9.17) is 4.74 Å². The fourth-order valence-corrected chi connectivity index (χ4v) is 2.81. The van der Waals surface area contributed by atoms with Crippen molar-refractivity contribution in [3.05, 3.63) is 41.2 Å². The first-order valence-electron chi connectivity index (χ1n) is 7.11. The van der Waals surface area contributed by atoms with E-state index in [-0.39, 0.29) is 16.6 Å². The molecule has 0 amide bonds. The molecule has 0 spiro atoms. The second-order valence-corrected chi connectivity index (χ2v) is 6.94. The van der Waals surface area contributed by atoms with Crippen LogP contribution in [0.5, 0.6) is 6.01 Å². The maximum atomic E-state index is 14.3. The summed E-state index contributed by atoms with van der Waals surface area (Å²) in [5.74, 6) is -5.89. The number of hydrogen-bond donors (Lipinski definition) is 1. The van der Waals surface area contributed by atoms with Crippen molar-refractivity contribution in [2.45, 2.75) is 11.9 Å². The Morgan fingerprint density at radius 3 is 2.48 bits per heavy atom. The molecular weight excluding hydrogens is 393 g/mol. The van der Waals surface area contributed by atoms with Gasteiger partial charge < -0.3 is 9.84 Å². The number of hydrogen-bond acceptors (Lipinski definition) is 8. The molecular formula is C14H13F3N4O5S. The van der Waals surface area contributed by atoms with Crippen LogP contribution in [0.15, 0.2) is 18.2 Å². The number of methoxy groups -OCH3 is 1. The van der Waals surface area contributed by atoms with Crippen LogP contribution in [0.4, 0.5) is 18.9 Å². The molecule has 27 heavy (non-hydrogen) atoms. The van der Waals surface area contributed by atoms with Crippen LogP contribution in [0.2, 0.25) is 0 Å². The zero-order valence-electron chi connectivity index (χ0n) is 13.9. The average Bonchev–Trinajstić information content (AvgIpc) is 2.65. The van der Waals surface area contributed by atoms with Gasteiger partial charge in [0, 0.05) is 12.6 Å². The second-order valence-electron chi connectivity index (χ2n) is 5.01. The third-order valence-electron chi connectivity index (χ3n) is 3.42. The number of aliphatic hydroxyl groups excluding tert-OH is 1. The topological polar surface area (TPSA) is 123 Å². The van der Waals surface area contributed by atoms with E-state index in [9.17, 15) is 31.5 Å². The average molecular weight is 406 g/mol. The minimum Gasteiger partial charge on any atom is -0.467 e. The predicted molar refractivity (Wildman–Crippen MR) is 85.6 cm³/mol. The van der Waals surface area contributed by atoms with E-state index in [1.807, 2.05) is 0 Å². The Kier molecular flexibility index (Phi) is 5.95. The molecule has 1 heterocycles. The Balaban J connectivity index is 2.64. The molecule has 13 heteroatoms. The van der Waals surface area contributed by atoms with Crippen molar-refractivity contribution in [1.29, 1.82) is 0 Å². The first-order chi connectivity index (χ1) is 12.6. The van der Waals surface area contributed by atoms with Crippen LogP contribution >= 0.6 is 0 Å². The highest BCUT2D eigenvalue weighted by Gasteiger charge is 2.34. The normalized spacial score (nSPS) is 12.7. The van der Waals surface area contributed by atoms with Crippen LogP contribution in [-0.2, 0) is 10.0 Å². The summed E-state index contributed by atoms with van der Waals surface area (Å²) < 4.78 is 68.1. The van der Waals surface area contributed by atoms with E-state index >= 15 is 0 Å². The minimum atomic E-state index is -5.20. The Morgan fingerprint density at radius 2 is 1.93 bits per heavy atom. The number of aliphatic hydroxyl groups is 1. The Hall–Kier alpha value is -2.80. The Morgan fingerprint density at radius 1 is 1.26 bits per heavy atom. The largest absolute Gasteiger partial charge is 0.467 e. The summed E-state index contributed by atoms with van der Waals surface area (Å²) in [6.07, 6.45) is -1.64. The van der Waals surface area contributed by atoms with Gasteiger partial charge in [0.15, 0.2) is 17.9 Å². The molecule has 1 aromatic carbocycles. The number of alkyl halides is 2. The van der Waals surface area contributed by atoms with E-state index in [0.717, 1.165) is 18.2 Å². The molecule has 0 saturated carbocycles. The second kappa shape index (κ2) is 7.84. The van der Waals surface area contributed by atoms with Crippen LogP contribution < -0.4 is 9.04 Å². The van der Waals surface area contributed by atoms with Crippen molar-refractivity contribution in [3.8, 4) is 6.01 Å². The van der Waals surface area contributed by atoms with Crippen molar-refractivity contribution < 1.29 is 36.2 Å². The zero-order valence-corrected chi connectivity index (χ0v) is 14.7. The van der Waals surface area contributed by atoms with Crippen LogP contribution in [0.3, 0.4) is 0 Å². The summed E-state index contributed by atoms with van der Waals surface area (Å²) in [4.78, 5) is 21.8. The standard InChI is InChI=1S/C14H13F3N4O5S/c1-21(27(24,25)13(16)17)10-7(4-3-5-8(10)15)11(23)12-18-9(6-22)19-14(20-12)26-2/h3-6,11,13,23H,1-2H3. The van der Waals surface area contributed by atoms with E-state index in [2.05, 4.69) is 15.0 Å². The summed E-state index contributed by atoms with van der Waals surface area (Å²) >= 11 is 0. The summed E-state index contributed by atoms with van der Waals surface area (Å²) in [6.45, 7) is 0. The van der Waals surface area contributed by atoms with Gasteiger partial charge in [-0.2, -0.15) is 18.7 Å². The third kappa shape index (κ3) is 3.98. The van der Waals surface area contributed by atoms with Crippen LogP contribution in [0.25, 0.3) is 0 Å². The lowest BCUT2D eigenvalue weighted by molar-refractivity contribution is 0.111. The van der Waals surface area contributed by atoms with Crippen LogP contribution in [0.1, 0.15) is 28.1 Å². The third-order valence-corrected chi connectivity index (χ3v) is 4.81. The Labute approximate surface area is 151 Å². The van der Waals surface area contributed by atoms with E-state index in [1.54, 1.807) is 0 Å².